The number of anilines is 1. The molecule has 0 aliphatic carbocycles. The van der Waals surface area contributed by atoms with E-state index in [1.807, 2.05) is 18.3 Å². The minimum atomic E-state index is -3.80. The van der Waals surface area contributed by atoms with Crippen LogP contribution < -0.4 is 4.72 Å². The van der Waals surface area contributed by atoms with Crippen LogP contribution >= 0.6 is 11.3 Å². The largest absolute Gasteiger partial charge is 0.477 e. The van der Waals surface area contributed by atoms with Gasteiger partial charge in [0.05, 0.1) is 0 Å². The van der Waals surface area contributed by atoms with Crippen molar-refractivity contribution in [3.63, 3.8) is 0 Å². The highest BCUT2D eigenvalue weighted by Gasteiger charge is 2.19. The zero-order valence-electron chi connectivity index (χ0n) is 11.7. The van der Waals surface area contributed by atoms with Crippen molar-refractivity contribution in [3.05, 3.63) is 59.6 Å². The Hall–Kier alpha value is -2.58. The lowest BCUT2D eigenvalue weighted by molar-refractivity contribution is 0.0702. The molecule has 0 saturated heterocycles. The van der Waals surface area contributed by atoms with E-state index < -0.39 is 16.0 Å². The lowest BCUT2D eigenvalue weighted by Gasteiger charge is -2.07. The number of carboxylic acid groups (broad SMARTS) is 1. The van der Waals surface area contributed by atoms with Crippen molar-refractivity contribution in [2.45, 2.75) is 4.21 Å². The van der Waals surface area contributed by atoms with E-state index in [9.17, 15) is 13.2 Å². The molecule has 3 aromatic rings. The Morgan fingerprint density at radius 2 is 1.83 bits per heavy atom. The first-order chi connectivity index (χ1) is 11.0. The van der Waals surface area contributed by atoms with Crippen LogP contribution in [0.5, 0.6) is 0 Å². The second kappa shape index (κ2) is 5.90. The van der Waals surface area contributed by atoms with E-state index in [2.05, 4.69) is 9.71 Å². The van der Waals surface area contributed by atoms with Crippen LogP contribution in [0.25, 0.3) is 11.3 Å². The van der Waals surface area contributed by atoms with Crippen molar-refractivity contribution < 1.29 is 18.3 Å². The standard InChI is InChI=1S/C15H12N2O4S2/c18-15(19)13-7-8-14(22-13)23(20,21)17-11-5-3-10(4-6-11)12-2-1-9-16-12/h1-9,16-17H,(H,18,19). The van der Waals surface area contributed by atoms with Crippen LogP contribution in [-0.4, -0.2) is 24.5 Å². The molecule has 3 N–H and O–H groups in total. The van der Waals surface area contributed by atoms with Gasteiger partial charge in [0.1, 0.15) is 9.09 Å². The highest BCUT2D eigenvalue weighted by atomic mass is 32.2. The fourth-order valence-electron chi connectivity index (χ4n) is 2.01. The van der Waals surface area contributed by atoms with E-state index in [1.165, 1.54) is 12.1 Å². The number of thiophene rings is 1. The summed E-state index contributed by atoms with van der Waals surface area (Å²) in [5, 5.41) is 8.87. The summed E-state index contributed by atoms with van der Waals surface area (Å²) < 4.78 is 26.9. The molecule has 0 unspecified atom stereocenters. The maximum Gasteiger partial charge on any atom is 0.345 e. The van der Waals surface area contributed by atoms with Crippen molar-refractivity contribution in [1.29, 1.82) is 0 Å². The number of hydrogen-bond acceptors (Lipinski definition) is 4. The van der Waals surface area contributed by atoms with Crippen LogP contribution in [-0.2, 0) is 10.0 Å². The number of carboxylic acids is 1. The number of aromatic nitrogens is 1. The third-order valence-electron chi connectivity index (χ3n) is 3.10. The second-order valence-electron chi connectivity index (χ2n) is 4.69. The fourth-order valence-corrected chi connectivity index (χ4v) is 4.22. The van der Waals surface area contributed by atoms with Gasteiger partial charge in [-0.1, -0.05) is 12.1 Å². The zero-order chi connectivity index (χ0) is 16.4. The molecule has 2 aromatic heterocycles. The topological polar surface area (TPSA) is 99.3 Å². The Morgan fingerprint density at radius 3 is 2.39 bits per heavy atom. The van der Waals surface area contributed by atoms with Gasteiger partial charge in [-0.2, -0.15) is 0 Å². The first-order valence-corrected chi connectivity index (χ1v) is 8.85. The zero-order valence-corrected chi connectivity index (χ0v) is 13.3. The minimum absolute atomic E-state index is 0.0209. The molecule has 0 saturated carbocycles. The Bertz CT molecular complexity index is 926. The lowest BCUT2D eigenvalue weighted by Crippen LogP contribution is -2.11. The van der Waals surface area contributed by atoms with Gasteiger partial charge >= 0.3 is 5.97 Å². The molecule has 8 heteroatoms. The van der Waals surface area contributed by atoms with Crippen LogP contribution in [0.2, 0.25) is 0 Å². The summed E-state index contributed by atoms with van der Waals surface area (Å²) in [5.41, 5.74) is 2.27. The third kappa shape index (κ3) is 3.27. The maximum atomic E-state index is 12.3. The van der Waals surface area contributed by atoms with Gasteiger partial charge in [0.25, 0.3) is 10.0 Å². The molecule has 0 aliphatic rings. The predicted molar refractivity (Wildman–Crippen MR) is 88.3 cm³/mol. The summed E-state index contributed by atoms with van der Waals surface area (Å²) >= 11 is 0.713. The molecular weight excluding hydrogens is 336 g/mol. The number of hydrogen-bond donors (Lipinski definition) is 3. The van der Waals surface area contributed by atoms with E-state index in [0.29, 0.717) is 17.0 Å². The molecule has 6 nitrogen and oxygen atoms in total. The number of aromatic carboxylic acids is 1. The molecule has 0 radical (unpaired) electrons. The van der Waals surface area contributed by atoms with Gasteiger partial charge in [-0.3, -0.25) is 4.72 Å². The number of aromatic amines is 1. The number of benzene rings is 1. The van der Waals surface area contributed by atoms with E-state index in [-0.39, 0.29) is 9.09 Å². The first-order valence-electron chi connectivity index (χ1n) is 6.55. The number of sulfonamides is 1. The molecular formula is C15H12N2O4S2. The van der Waals surface area contributed by atoms with E-state index >= 15 is 0 Å². The molecule has 0 amide bonds. The summed E-state index contributed by atoms with van der Waals surface area (Å²) in [5.74, 6) is -1.15. The monoisotopic (exact) mass is 348 g/mol. The fraction of sp³-hybridized carbons (Fsp3) is 0. The average molecular weight is 348 g/mol. The first kappa shape index (κ1) is 15.3. The molecule has 118 valence electrons. The van der Waals surface area contributed by atoms with Crippen LogP contribution in [0.15, 0.2) is 58.9 Å². The number of carbonyl (C=O) groups is 1. The molecule has 23 heavy (non-hydrogen) atoms. The molecule has 3 rings (SSSR count). The lowest BCUT2D eigenvalue weighted by atomic mass is 10.1. The van der Waals surface area contributed by atoms with Gasteiger partial charge in [0, 0.05) is 17.6 Å². The number of H-pyrrole nitrogens is 1. The van der Waals surface area contributed by atoms with Crippen LogP contribution in [0.1, 0.15) is 9.67 Å². The van der Waals surface area contributed by atoms with Gasteiger partial charge in [0.2, 0.25) is 0 Å². The summed E-state index contributed by atoms with van der Waals surface area (Å²) in [7, 11) is -3.80. The molecule has 0 bridgehead atoms. The molecule has 2 heterocycles. The van der Waals surface area contributed by atoms with E-state index in [1.54, 1.807) is 24.3 Å². The summed E-state index contributed by atoms with van der Waals surface area (Å²) in [6.07, 6.45) is 1.81. The summed E-state index contributed by atoms with van der Waals surface area (Å²) in [4.78, 5) is 13.9. The molecule has 0 atom stereocenters. The average Bonchev–Trinajstić information content (AvgIpc) is 3.20. The van der Waals surface area contributed by atoms with Crippen LogP contribution in [0.3, 0.4) is 0 Å². The van der Waals surface area contributed by atoms with Crippen molar-refractivity contribution in [2.75, 3.05) is 4.72 Å². The Balaban J connectivity index is 1.81. The molecule has 0 aliphatic heterocycles. The number of rotatable bonds is 5. The summed E-state index contributed by atoms with van der Waals surface area (Å²) in [6.45, 7) is 0. The van der Waals surface area contributed by atoms with Crippen molar-refractivity contribution in [1.82, 2.24) is 4.98 Å². The van der Waals surface area contributed by atoms with E-state index in [0.717, 1.165) is 11.3 Å². The van der Waals surface area contributed by atoms with Crippen molar-refractivity contribution >= 4 is 33.0 Å². The molecule has 0 fully saturated rings. The van der Waals surface area contributed by atoms with Gasteiger partial charge in [0.15, 0.2) is 0 Å². The van der Waals surface area contributed by atoms with Crippen LogP contribution in [0, 0.1) is 0 Å². The normalized spacial score (nSPS) is 11.3. The SMILES string of the molecule is O=C(O)c1ccc(S(=O)(=O)Nc2ccc(-c3ccc[nH]3)cc2)s1. The molecule has 1 aromatic carbocycles. The molecule has 0 spiro atoms. The Labute approximate surface area is 136 Å². The highest BCUT2D eigenvalue weighted by molar-refractivity contribution is 7.94. The van der Waals surface area contributed by atoms with Crippen LogP contribution in [0.4, 0.5) is 5.69 Å². The van der Waals surface area contributed by atoms with Gasteiger partial charge < -0.3 is 10.1 Å². The predicted octanol–water partition coefficient (Wildman–Crippen LogP) is 3.24. The third-order valence-corrected chi connectivity index (χ3v) is 6.05. The smallest absolute Gasteiger partial charge is 0.345 e. The van der Waals surface area contributed by atoms with Gasteiger partial charge in [-0.15, -0.1) is 11.3 Å². The van der Waals surface area contributed by atoms with Gasteiger partial charge in [-0.05, 0) is 42.0 Å². The van der Waals surface area contributed by atoms with Crippen molar-refractivity contribution in [2.24, 2.45) is 0 Å². The summed E-state index contributed by atoms with van der Waals surface area (Å²) in [6, 6.07) is 13.2. The maximum absolute atomic E-state index is 12.3. The Kier molecular flexibility index (Phi) is 3.93. The quantitative estimate of drug-likeness (QED) is 0.659. The van der Waals surface area contributed by atoms with E-state index in [4.69, 9.17) is 5.11 Å². The minimum Gasteiger partial charge on any atom is -0.477 e. The number of nitrogens with one attached hydrogen (secondary N) is 2. The second-order valence-corrected chi connectivity index (χ2v) is 7.68. The van der Waals surface area contributed by atoms with Crippen molar-refractivity contribution in [3.8, 4) is 11.3 Å². The van der Waals surface area contributed by atoms with Gasteiger partial charge in [-0.25, -0.2) is 13.2 Å². The highest BCUT2D eigenvalue weighted by Crippen LogP contribution is 2.25. The Morgan fingerprint density at radius 1 is 1.09 bits per heavy atom.